The number of phenols is 1. The minimum Gasteiger partial charge on any atom is -0.508 e. The van der Waals surface area contributed by atoms with E-state index >= 15 is 0 Å². The molecule has 1 heterocycles. The standard InChI is InChI=1S/C17H16N2O2/c1-10-4-9-15-16(11(10)2)18-12(3)19(17(15)21)13-5-7-14(20)8-6-13/h4-9,20H,1-3H3. The van der Waals surface area contributed by atoms with Crippen molar-refractivity contribution in [2.24, 2.45) is 0 Å². The zero-order valence-corrected chi connectivity index (χ0v) is 12.2. The van der Waals surface area contributed by atoms with Crippen molar-refractivity contribution in [3.8, 4) is 11.4 Å². The first-order valence-corrected chi connectivity index (χ1v) is 6.78. The second-order valence-electron chi connectivity index (χ2n) is 5.22. The summed E-state index contributed by atoms with van der Waals surface area (Å²) < 4.78 is 1.57. The molecule has 4 heteroatoms. The molecule has 0 radical (unpaired) electrons. The summed E-state index contributed by atoms with van der Waals surface area (Å²) in [5.41, 5.74) is 3.52. The lowest BCUT2D eigenvalue weighted by Gasteiger charge is -2.12. The average molecular weight is 280 g/mol. The number of hydrogen-bond donors (Lipinski definition) is 1. The van der Waals surface area contributed by atoms with Crippen LogP contribution >= 0.6 is 0 Å². The Morgan fingerprint density at radius 1 is 1.00 bits per heavy atom. The first kappa shape index (κ1) is 13.4. The lowest BCUT2D eigenvalue weighted by molar-refractivity contribution is 0.475. The maximum absolute atomic E-state index is 12.8. The number of aromatic nitrogens is 2. The van der Waals surface area contributed by atoms with Gasteiger partial charge in [-0.25, -0.2) is 4.98 Å². The maximum atomic E-state index is 12.8. The van der Waals surface area contributed by atoms with Crippen LogP contribution < -0.4 is 5.56 Å². The molecule has 3 rings (SSSR count). The van der Waals surface area contributed by atoms with Crippen LogP contribution in [0.4, 0.5) is 0 Å². The summed E-state index contributed by atoms with van der Waals surface area (Å²) in [4.78, 5) is 17.4. The van der Waals surface area contributed by atoms with Crippen molar-refractivity contribution >= 4 is 10.9 Å². The molecule has 4 nitrogen and oxygen atoms in total. The van der Waals surface area contributed by atoms with Gasteiger partial charge in [0.25, 0.3) is 5.56 Å². The first-order valence-electron chi connectivity index (χ1n) is 6.78. The average Bonchev–Trinajstić information content (AvgIpc) is 2.45. The molecule has 0 aliphatic rings. The molecule has 0 bridgehead atoms. The number of phenolic OH excluding ortho intramolecular Hbond substituents is 1. The molecule has 0 aliphatic carbocycles. The fraction of sp³-hybridized carbons (Fsp3) is 0.176. The molecule has 0 atom stereocenters. The molecule has 2 aromatic carbocycles. The van der Waals surface area contributed by atoms with Crippen molar-refractivity contribution in [2.75, 3.05) is 0 Å². The van der Waals surface area contributed by atoms with E-state index in [1.54, 1.807) is 28.8 Å². The van der Waals surface area contributed by atoms with Crippen LogP contribution in [0.2, 0.25) is 0 Å². The van der Waals surface area contributed by atoms with Gasteiger partial charge >= 0.3 is 0 Å². The van der Waals surface area contributed by atoms with Gasteiger partial charge in [0.15, 0.2) is 0 Å². The Balaban J connectivity index is 2.38. The van der Waals surface area contributed by atoms with Crippen LogP contribution in [0.1, 0.15) is 17.0 Å². The van der Waals surface area contributed by atoms with Crippen molar-refractivity contribution < 1.29 is 5.11 Å². The van der Waals surface area contributed by atoms with Crippen molar-refractivity contribution in [1.29, 1.82) is 0 Å². The third kappa shape index (κ3) is 2.09. The summed E-state index contributed by atoms with van der Waals surface area (Å²) in [5.74, 6) is 0.802. The third-order valence-corrected chi connectivity index (χ3v) is 3.84. The van der Waals surface area contributed by atoms with Crippen LogP contribution in [0.5, 0.6) is 5.75 Å². The van der Waals surface area contributed by atoms with E-state index in [0.717, 1.165) is 16.6 Å². The van der Waals surface area contributed by atoms with Gasteiger partial charge in [-0.2, -0.15) is 0 Å². The molecule has 0 unspecified atom stereocenters. The van der Waals surface area contributed by atoms with Gasteiger partial charge in [-0.05, 0) is 62.2 Å². The Hall–Kier alpha value is -2.62. The molecule has 0 spiro atoms. The summed E-state index contributed by atoms with van der Waals surface area (Å²) >= 11 is 0. The van der Waals surface area contributed by atoms with E-state index < -0.39 is 0 Å². The zero-order valence-electron chi connectivity index (χ0n) is 12.2. The van der Waals surface area contributed by atoms with Gasteiger partial charge in [-0.1, -0.05) is 6.07 Å². The second kappa shape index (κ2) is 4.74. The SMILES string of the molecule is Cc1ccc2c(=O)n(-c3ccc(O)cc3)c(C)nc2c1C. The molecule has 1 aromatic heterocycles. The van der Waals surface area contributed by atoms with E-state index in [4.69, 9.17) is 0 Å². The van der Waals surface area contributed by atoms with Crippen LogP contribution in [-0.4, -0.2) is 14.7 Å². The van der Waals surface area contributed by atoms with Gasteiger partial charge in [0.2, 0.25) is 0 Å². The number of fused-ring (bicyclic) bond motifs is 1. The highest BCUT2D eigenvalue weighted by Gasteiger charge is 2.12. The minimum absolute atomic E-state index is 0.0914. The molecule has 0 fully saturated rings. The molecular formula is C17H16N2O2. The molecule has 0 aliphatic heterocycles. The van der Waals surface area contributed by atoms with E-state index in [1.165, 1.54) is 0 Å². The van der Waals surface area contributed by atoms with Crippen LogP contribution in [-0.2, 0) is 0 Å². The molecule has 0 saturated heterocycles. The minimum atomic E-state index is -0.0914. The van der Waals surface area contributed by atoms with Gasteiger partial charge in [0.05, 0.1) is 16.6 Å². The highest BCUT2D eigenvalue weighted by Crippen LogP contribution is 2.19. The smallest absolute Gasteiger partial charge is 0.265 e. The molecule has 3 aromatic rings. The number of hydrogen-bond acceptors (Lipinski definition) is 3. The molecule has 0 amide bonds. The van der Waals surface area contributed by atoms with E-state index in [0.29, 0.717) is 16.9 Å². The summed E-state index contributed by atoms with van der Waals surface area (Å²) in [6.07, 6.45) is 0. The Kier molecular flexibility index (Phi) is 3.01. The van der Waals surface area contributed by atoms with Crippen molar-refractivity contribution in [1.82, 2.24) is 9.55 Å². The number of aryl methyl sites for hydroxylation is 3. The zero-order chi connectivity index (χ0) is 15.1. The van der Waals surface area contributed by atoms with Gasteiger partial charge in [-0.3, -0.25) is 9.36 Å². The Labute approximate surface area is 122 Å². The topological polar surface area (TPSA) is 55.1 Å². The predicted octanol–water partition coefficient (Wildman–Crippen LogP) is 3.02. The van der Waals surface area contributed by atoms with Crippen LogP contribution in [0.3, 0.4) is 0 Å². The molecule has 1 N–H and O–H groups in total. The number of benzene rings is 2. The van der Waals surface area contributed by atoms with Crippen molar-refractivity contribution in [2.45, 2.75) is 20.8 Å². The summed E-state index contributed by atoms with van der Waals surface area (Å²) in [7, 11) is 0. The Bertz CT molecular complexity index is 893. The summed E-state index contributed by atoms with van der Waals surface area (Å²) in [5, 5.41) is 9.99. The van der Waals surface area contributed by atoms with E-state index in [9.17, 15) is 9.90 Å². The van der Waals surface area contributed by atoms with E-state index in [2.05, 4.69) is 4.98 Å². The summed E-state index contributed by atoms with van der Waals surface area (Å²) in [6.45, 7) is 5.81. The van der Waals surface area contributed by atoms with Crippen LogP contribution in [0, 0.1) is 20.8 Å². The Morgan fingerprint density at radius 2 is 1.67 bits per heavy atom. The lowest BCUT2D eigenvalue weighted by Crippen LogP contribution is -2.22. The van der Waals surface area contributed by atoms with Crippen LogP contribution in [0.15, 0.2) is 41.2 Å². The van der Waals surface area contributed by atoms with Crippen molar-refractivity contribution in [3.05, 3.63) is 63.7 Å². The quantitative estimate of drug-likeness (QED) is 0.745. The van der Waals surface area contributed by atoms with Gasteiger partial charge in [-0.15, -0.1) is 0 Å². The predicted molar refractivity (Wildman–Crippen MR) is 83.2 cm³/mol. The van der Waals surface area contributed by atoms with Gasteiger partial charge in [0.1, 0.15) is 11.6 Å². The number of aromatic hydroxyl groups is 1. The highest BCUT2D eigenvalue weighted by molar-refractivity contribution is 5.82. The fourth-order valence-electron chi connectivity index (χ4n) is 2.50. The lowest BCUT2D eigenvalue weighted by atomic mass is 10.1. The van der Waals surface area contributed by atoms with E-state index in [1.807, 2.05) is 32.9 Å². The van der Waals surface area contributed by atoms with Gasteiger partial charge < -0.3 is 5.11 Å². The van der Waals surface area contributed by atoms with E-state index in [-0.39, 0.29) is 11.3 Å². The van der Waals surface area contributed by atoms with Gasteiger partial charge in [0, 0.05) is 0 Å². The molecular weight excluding hydrogens is 264 g/mol. The third-order valence-electron chi connectivity index (χ3n) is 3.84. The highest BCUT2D eigenvalue weighted by atomic mass is 16.3. The van der Waals surface area contributed by atoms with Crippen molar-refractivity contribution in [3.63, 3.8) is 0 Å². The number of rotatable bonds is 1. The largest absolute Gasteiger partial charge is 0.508 e. The monoisotopic (exact) mass is 280 g/mol. The fourth-order valence-corrected chi connectivity index (χ4v) is 2.50. The maximum Gasteiger partial charge on any atom is 0.265 e. The first-order chi connectivity index (χ1) is 9.99. The number of nitrogens with zero attached hydrogens (tertiary/aromatic N) is 2. The normalized spacial score (nSPS) is 11.0. The van der Waals surface area contributed by atoms with Crippen LogP contribution in [0.25, 0.3) is 16.6 Å². The Morgan fingerprint density at radius 3 is 2.33 bits per heavy atom. The summed E-state index contributed by atoms with van der Waals surface area (Å²) in [6, 6.07) is 10.3. The molecule has 106 valence electrons. The second-order valence-corrected chi connectivity index (χ2v) is 5.22. The molecule has 0 saturated carbocycles. The molecule has 21 heavy (non-hydrogen) atoms.